The van der Waals surface area contributed by atoms with E-state index in [2.05, 4.69) is 20.7 Å². The van der Waals surface area contributed by atoms with Gasteiger partial charge >= 0.3 is 0 Å². The molecular weight excluding hydrogens is 266 g/mol. The van der Waals surface area contributed by atoms with Gasteiger partial charge < -0.3 is 0 Å². The molecule has 86 valence electrons. The van der Waals surface area contributed by atoms with Crippen molar-refractivity contribution >= 4 is 26.0 Å². The van der Waals surface area contributed by atoms with Crippen LogP contribution in [0.2, 0.25) is 0 Å². The summed E-state index contributed by atoms with van der Waals surface area (Å²) in [4.78, 5) is 0. The molecule has 0 rings (SSSR count). The van der Waals surface area contributed by atoms with Crippen LogP contribution in [0.25, 0.3) is 0 Å². The van der Waals surface area contributed by atoms with Crippen LogP contribution in [0.1, 0.15) is 27.7 Å². The first-order valence-electron chi connectivity index (χ1n) is 4.72. The summed E-state index contributed by atoms with van der Waals surface area (Å²) in [5.74, 6) is 0.366. The van der Waals surface area contributed by atoms with E-state index in [4.69, 9.17) is 0 Å². The van der Waals surface area contributed by atoms with Gasteiger partial charge in [-0.25, -0.2) is 13.1 Å². The number of rotatable bonds is 6. The Kier molecular flexibility index (Phi) is 5.62. The van der Waals surface area contributed by atoms with Gasteiger partial charge in [-0.2, -0.15) is 0 Å². The predicted octanol–water partition coefficient (Wildman–Crippen LogP) is 1.98. The lowest BCUT2D eigenvalue weighted by atomic mass is 9.98. The number of halogens is 1. The van der Waals surface area contributed by atoms with E-state index in [-0.39, 0.29) is 17.1 Å². The lowest BCUT2D eigenvalue weighted by molar-refractivity contribution is 0.419. The molecule has 0 aromatic heterocycles. The Morgan fingerprint density at radius 2 is 1.86 bits per heavy atom. The Hall–Kier alpha value is 0.390. The standard InChI is InChI=1S/C9H20BrNO2S/c1-8(2)5-14(12,13)11-7-9(3,4)6-10/h8,11H,5-7H2,1-4H3. The fourth-order valence-corrected chi connectivity index (χ4v) is 2.65. The van der Waals surface area contributed by atoms with Crippen molar-refractivity contribution in [1.82, 2.24) is 4.72 Å². The molecule has 0 amide bonds. The SMILES string of the molecule is CC(C)CS(=O)(=O)NCC(C)(C)CBr. The molecule has 0 aromatic rings. The third kappa shape index (κ3) is 6.79. The topological polar surface area (TPSA) is 46.2 Å². The Bertz CT molecular complexity index is 260. The van der Waals surface area contributed by atoms with Crippen LogP contribution in [-0.4, -0.2) is 26.0 Å². The van der Waals surface area contributed by atoms with Crippen molar-refractivity contribution < 1.29 is 8.42 Å². The van der Waals surface area contributed by atoms with Gasteiger partial charge in [0.15, 0.2) is 0 Å². The summed E-state index contributed by atoms with van der Waals surface area (Å²) < 4.78 is 25.6. The molecule has 0 unspecified atom stereocenters. The van der Waals surface area contributed by atoms with Crippen molar-refractivity contribution in [3.05, 3.63) is 0 Å². The highest BCUT2D eigenvalue weighted by Crippen LogP contribution is 2.16. The zero-order valence-corrected chi connectivity index (χ0v) is 11.7. The van der Waals surface area contributed by atoms with Gasteiger partial charge in [0.05, 0.1) is 5.75 Å². The molecule has 3 nitrogen and oxygen atoms in total. The Morgan fingerprint density at radius 1 is 1.36 bits per heavy atom. The van der Waals surface area contributed by atoms with E-state index in [1.54, 1.807) is 0 Å². The largest absolute Gasteiger partial charge is 0.215 e. The summed E-state index contributed by atoms with van der Waals surface area (Å²) in [5, 5.41) is 0.782. The second-order valence-electron chi connectivity index (χ2n) is 4.79. The molecule has 0 saturated heterocycles. The molecule has 0 atom stereocenters. The van der Waals surface area contributed by atoms with Crippen LogP contribution >= 0.6 is 15.9 Å². The predicted molar refractivity (Wildman–Crippen MR) is 64.2 cm³/mol. The minimum absolute atomic E-state index is 0.0376. The Balaban J connectivity index is 4.13. The van der Waals surface area contributed by atoms with Crippen molar-refractivity contribution in [1.29, 1.82) is 0 Å². The van der Waals surface area contributed by atoms with Crippen molar-refractivity contribution in [3.8, 4) is 0 Å². The zero-order chi connectivity index (χ0) is 11.4. The van der Waals surface area contributed by atoms with Gasteiger partial charge in [-0.05, 0) is 11.3 Å². The van der Waals surface area contributed by atoms with Crippen LogP contribution in [-0.2, 0) is 10.0 Å². The van der Waals surface area contributed by atoms with Gasteiger partial charge in [-0.1, -0.05) is 43.6 Å². The van der Waals surface area contributed by atoms with Crippen molar-refractivity contribution in [2.24, 2.45) is 11.3 Å². The molecule has 0 heterocycles. The molecule has 0 aromatic carbocycles. The first-order chi connectivity index (χ1) is 6.18. The van der Waals surface area contributed by atoms with E-state index >= 15 is 0 Å². The first kappa shape index (κ1) is 14.4. The van der Waals surface area contributed by atoms with Gasteiger partial charge in [-0.3, -0.25) is 0 Å². The van der Waals surface area contributed by atoms with Gasteiger partial charge in [0, 0.05) is 11.9 Å². The van der Waals surface area contributed by atoms with E-state index in [0.717, 1.165) is 5.33 Å². The highest BCUT2D eigenvalue weighted by Gasteiger charge is 2.20. The van der Waals surface area contributed by atoms with Crippen LogP contribution in [0.15, 0.2) is 0 Å². The van der Waals surface area contributed by atoms with Crippen LogP contribution < -0.4 is 4.72 Å². The van der Waals surface area contributed by atoms with Crippen molar-refractivity contribution in [2.75, 3.05) is 17.6 Å². The van der Waals surface area contributed by atoms with Crippen molar-refractivity contribution in [2.45, 2.75) is 27.7 Å². The molecule has 0 aliphatic carbocycles. The Morgan fingerprint density at radius 3 is 2.21 bits per heavy atom. The third-order valence-electron chi connectivity index (χ3n) is 1.69. The number of hydrogen-bond acceptors (Lipinski definition) is 2. The van der Waals surface area contributed by atoms with Gasteiger partial charge in [0.1, 0.15) is 0 Å². The molecule has 1 N–H and O–H groups in total. The zero-order valence-electron chi connectivity index (χ0n) is 9.30. The van der Waals surface area contributed by atoms with Crippen LogP contribution in [0.3, 0.4) is 0 Å². The maximum absolute atomic E-state index is 11.5. The fourth-order valence-electron chi connectivity index (χ4n) is 0.850. The molecular formula is C9H20BrNO2S. The Labute approximate surface area is 95.8 Å². The van der Waals surface area contributed by atoms with Crippen LogP contribution in [0, 0.1) is 11.3 Å². The van der Waals surface area contributed by atoms with Gasteiger partial charge in [0.25, 0.3) is 0 Å². The maximum atomic E-state index is 11.5. The van der Waals surface area contributed by atoms with Crippen LogP contribution in [0.4, 0.5) is 0 Å². The average Bonchev–Trinajstić information content (AvgIpc) is 1.99. The minimum Gasteiger partial charge on any atom is -0.215 e. The number of sulfonamides is 1. The molecule has 14 heavy (non-hydrogen) atoms. The van der Waals surface area contributed by atoms with E-state index < -0.39 is 10.0 Å². The monoisotopic (exact) mass is 285 g/mol. The van der Waals surface area contributed by atoms with Crippen molar-refractivity contribution in [3.63, 3.8) is 0 Å². The lowest BCUT2D eigenvalue weighted by Gasteiger charge is -2.22. The van der Waals surface area contributed by atoms with Crippen LogP contribution in [0.5, 0.6) is 0 Å². The summed E-state index contributed by atoms with van der Waals surface area (Å²) in [5.41, 5.74) is -0.0376. The molecule has 0 radical (unpaired) electrons. The second kappa shape index (κ2) is 5.47. The minimum atomic E-state index is -3.09. The highest BCUT2D eigenvalue weighted by atomic mass is 79.9. The summed E-state index contributed by atoms with van der Waals surface area (Å²) in [6.07, 6.45) is 0. The smallest absolute Gasteiger partial charge is 0.211 e. The average molecular weight is 286 g/mol. The molecule has 0 aliphatic rings. The second-order valence-corrected chi connectivity index (χ2v) is 7.21. The maximum Gasteiger partial charge on any atom is 0.211 e. The summed E-state index contributed by atoms with van der Waals surface area (Å²) in [7, 11) is -3.09. The summed E-state index contributed by atoms with van der Waals surface area (Å²) in [6, 6.07) is 0. The molecule has 0 spiro atoms. The number of hydrogen-bond donors (Lipinski definition) is 1. The normalized spacial score (nSPS) is 13.6. The molecule has 0 saturated carbocycles. The van der Waals surface area contributed by atoms with E-state index in [1.165, 1.54) is 0 Å². The molecule has 5 heteroatoms. The summed E-state index contributed by atoms with van der Waals surface area (Å²) in [6.45, 7) is 8.30. The number of alkyl halides is 1. The van der Waals surface area contributed by atoms with Gasteiger partial charge in [-0.15, -0.1) is 0 Å². The van der Waals surface area contributed by atoms with E-state index in [0.29, 0.717) is 6.54 Å². The summed E-state index contributed by atoms with van der Waals surface area (Å²) >= 11 is 3.35. The first-order valence-corrected chi connectivity index (χ1v) is 7.49. The van der Waals surface area contributed by atoms with Gasteiger partial charge in [0.2, 0.25) is 10.0 Å². The lowest BCUT2D eigenvalue weighted by Crippen LogP contribution is -2.37. The molecule has 0 aliphatic heterocycles. The highest BCUT2D eigenvalue weighted by molar-refractivity contribution is 9.09. The van der Waals surface area contributed by atoms with E-state index in [9.17, 15) is 8.42 Å². The fraction of sp³-hybridized carbons (Fsp3) is 1.00. The van der Waals surface area contributed by atoms with E-state index in [1.807, 2.05) is 27.7 Å². The molecule has 0 bridgehead atoms. The quantitative estimate of drug-likeness (QED) is 0.759. The molecule has 0 fully saturated rings. The third-order valence-corrected chi connectivity index (χ3v) is 4.89. The number of nitrogens with one attached hydrogen (secondary N) is 1.